The third-order valence-electron chi connectivity index (χ3n) is 3.39. The summed E-state index contributed by atoms with van der Waals surface area (Å²) in [7, 11) is 0. The van der Waals surface area contributed by atoms with Gasteiger partial charge in [0.25, 0.3) is 5.91 Å². The Bertz CT molecular complexity index is 718. The minimum atomic E-state index is -4.87. The van der Waals surface area contributed by atoms with Crippen LogP contribution in [0.15, 0.2) is 24.5 Å². The third kappa shape index (κ3) is 3.81. The number of halogens is 4. The van der Waals surface area contributed by atoms with E-state index in [9.17, 15) is 22.4 Å². The number of nitrogens with zero attached hydrogens (tertiary/aromatic N) is 2. The Hall–Kier alpha value is -2.65. The van der Waals surface area contributed by atoms with Gasteiger partial charge in [-0.25, -0.2) is 9.49 Å². The molecule has 2 rings (SSSR count). The van der Waals surface area contributed by atoms with Gasteiger partial charge in [0.2, 0.25) is 5.95 Å². The molecule has 1 aromatic carbocycles. The van der Waals surface area contributed by atoms with E-state index in [1.165, 1.54) is 13.3 Å². The summed E-state index contributed by atoms with van der Waals surface area (Å²) in [6, 6.07) is 2.19. The molecular weight excluding hydrogens is 332 g/mol. The number of benzene rings is 1. The molecule has 2 aromatic rings. The number of nitrogens with one attached hydrogen (secondary N) is 2. The van der Waals surface area contributed by atoms with Gasteiger partial charge in [0.15, 0.2) is 5.60 Å². The standard InChI is InChI=1S/C14H14F4N4O2/c1-3-13(2,11(23)21-12-19-7-20-22-12)24-8-4-5-10(15)9(6-8)14(16,17)18/h4-7H,3H2,1-2H3,(H2,19,20,21,22,23)/t13-/m0/s1. The lowest BCUT2D eigenvalue weighted by atomic mass is 10.0. The van der Waals surface area contributed by atoms with Crippen LogP contribution in [-0.2, 0) is 11.0 Å². The maximum Gasteiger partial charge on any atom is 0.419 e. The Kier molecular flexibility index (Phi) is 4.76. The normalized spacial score (nSPS) is 14.1. The van der Waals surface area contributed by atoms with Crippen molar-refractivity contribution in [1.29, 1.82) is 0 Å². The number of amides is 1. The number of anilines is 1. The van der Waals surface area contributed by atoms with Crippen molar-refractivity contribution in [2.24, 2.45) is 0 Å². The SMILES string of the molecule is CC[C@](C)(Oc1ccc(F)c(C(F)(F)F)c1)C(=O)Nc1ncn[nH]1. The Morgan fingerprint density at radius 2 is 2.08 bits per heavy atom. The number of hydrogen-bond acceptors (Lipinski definition) is 4. The molecule has 1 atom stereocenters. The van der Waals surface area contributed by atoms with E-state index < -0.39 is 29.1 Å². The maximum absolute atomic E-state index is 13.3. The molecule has 6 nitrogen and oxygen atoms in total. The average Bonchev–Trinajstić information content (AvgIpc) is 3.00. The van der Waals surface area contributed by atoms with E-state index in [4.69, 9.17) is 4.74 Å². The Labute approximate surface area is 134 Å². The monoisotopic (exact) mass is 346 g/mol. The number of aromatic amines is 1. The summed E-state index contributed by atoms with van der Waals surface area (Å²) in [5.41, 5.74) is -2.96. The molecule has 0 aliphatic carbocycles. The van der Waals surface area contributed by atoms with Gasteiger partial charge >= 0.3 is 6.18 Å². The summed E-state index contributed by atoms with van der Waals surface area (Å²) in [6.45, 7) is 3.02. The number of carbonyl (C=O) groups excluding carboxylic acids is 1. The molecule has 0 unspecified atom stereocenters. The van der Waals surface area contributed by atoms with E-state index in [0.29, 0.717) is 12.1 Å². The predicted octanol–water partition coefficient (Wildman–Crippen LogP) is 3.15. The van der Waals surface area contributed by atoms with E-state index in [1.807, 2.05) is 0 Å². The van der Waals surface area contributed by atoms with Crippen molar-refractivity contribution < 1.29 is 27.1 Å². The van der Waals surface area contributed by atoms with Gasteiger partial charge in [0, 0.05) is 0 Å². The summed E-state index contributed by atoms with van der Waals surface area (Å²) < 4.78 is 57.0. The Balaban J connectivity index is 2.24. The quantitative estimate of drug-likeness (QED) is 0.815. The summed E-state index contributed by atoms with van der Waals surface area (Å²) in [6.07, 6.45) is -3.55. The fraction of sp³-hybridized carbons (Fsp3) is 0.357. The second kappa shape index (κ2) is 6.46. The first-order valence-corrected chi connectivity index (χ1v) is 6.88. The van der Waals surface area contributed by atoms with E-state index >= 15 is 0 Å². The molecule has 0 radical (unpaired) electrons. The van der Waals surface area contributed by atoms with Gasteiger partial charge in [0.1, 0.15) is 17.9 Å². The van der Waals surface area contributed by atoms with Crippen LogP contribution >= 0.6 is 0 Å². The number of alkyl halides is 3. The molecule has 0 saturated heterocycles. The molecule has 0 saturated carbocycles. The highest BCUT2D eigenvalue weighted by Gasteiger charge is 2.37. The molecule has 2 N–H and O–H groups in total. The summed E-state index contributed by atoms with van der Waals surface area (Å²) in [4.78, 5) is 16.0. The Morgan fingerprint density at radius 3 is 2.62 bits per heavy atom. The minimum absolute atomic E-state index is 0.0679. The van der Waals surface area contributed by atoms with Crippen LogP contribution in [0.4, 0.5) is 23.5 Å². The van der Waals surface area contributed by atoms with Gasteiger partial charge in [0.05, 0.1) is 5.56 Å². The first kappa shape index (κ1) is 17.7. The number of rotatable bonds is 5. The number of hydrogen-bond donors (Lipinski definition) is 2. The molecule has 0 spiro atoms. The third-order valence-corrected chi connectivity index (χ3v) is 3.39. The van der Waals surface area contributed by atoms with Crippen molar-refractivity contribution in [3.05, 3.63) is 35.9 Å². The van der Waals surface area contributed by atoms with Crippen LogP contribution in [0.25, 0.3) is 0 Å². The van der Waals surface area contributed by atoms with Crippen molar-refractivity contribution in [3.63, 3.8) is 0 Å². The molecule has 10 heteroatoms. The fourth-order valence-corrected chi connectivity index (χ4v) is 1.83. The molecule has 1 heterocycles. The molecule has 1 amide bonds. The van der Waals surface area contributed by atoms with Crippen LogP contribution in [0, 0.1) is 5.82 Å². The smallest absolute Gasteiger partial charge is 0.419 e. The number of carbonyl (C=O) groups is 1. The van der Waals surface area contributed by atoms with E-state index in [0.717, 1.165) is 6.07 Å². The topological polar surface area (TPSA) is 79.9 Å². The highest BCUT2D eigenvalue weighted by molar-refractivity contribution is 5.95. The zero-order valence-corrected chi connectivity index (χ0v) is 12.7. The predicted molar refractivity (Wildman–Crippen MR) is 75.7 cm³/mol. The molecule has 0 fully saturated rings. The van der Waals surface area contributed by atoms with E-state index in [-0.39, 0.29) is 18.1 Å². The molecule has 24 heavy (non-hydrogen) atoms. The fourth-order valence-electron chi connectivity index (χ4n) is 1.83. The lowest BCUT2D eigenvalue weighted by Gasteiger charge is -2.28. The van der Waals surface area contributed by atoms with Crippen molar-refractivity contribution in [2.45, 2.75) is 32.0 Å². The molecule has 1 aromatic heterocycles. The lowest BCUT2D eigenvalue weighted by Crippen LogP contribution is -2.45. The maximum atomic E-state index is 13.3. The van der Waals surface area contributed by atoms with Crippen molar-refractivity contribution in [3.8, 4) is 5.75 Å². The zero-order valence-electron chi connectivity index (χ0n) is 12.7. The highest BCUT2D eigenvalue weighted by Crippen LogP contribution is 2.34. The Morgan fingerprint density at radius 1 is 1.38 bits per heavy atom. The van der Waals surface area contributed by atoms with Crippen LogP contribution in [0.3, 0.4) is 0 Å². The van der Waals surface area contributed by atoms with Crippen molar-refractivity contribution in [2.75, 3.05) is 5.32 Å². The van der Waals surface area contributed by atoms with Gasteiger partial charge in [-0.15, -0.1) is 0 Å². The summed E-state index contributed by atoms with van der Waals surface area (Å²) >= 11 is 0. The molecule has 0 aliphatic heterocycles. The number of ether oxygens (including phenoxy) is 1. The number of H-pyrrole nitrogens is 1. The van der Waals surface area contributed by atoms with Gasteiger partial charge in [-0.3, -0.25) is 10.1 Å². The second-order valence-corrected chi connectivity index (χ2v) is 5.11. The first-order chi connectivity index (χ1) is 11.2. The molecule has 0 bridgehead atoms. The average molecular weight is 346 g/mol. The van der Waals surface area contributed by atoms with Gasteiger partial charge < -0.3 is 4.74 Å². The second-order valence-electron chi connectivity index (χ2n) is 5.11. The van der Waals surface area contributed by atoms with Gasteiger partial charge in [-0.1, -0.05) is 6.92 Å². The minimum Gasteiger partial charge on any atom is -0.478 e. The molecule has 130 valence electrons. The van der Waals surface area contributed by atoms with Crippen LogP contribution in [0.5, 0.6) is 5.75 Å². The van der Waals surface area contributed by atoms with Crippen LogP contribution in [0.1, 0.15) is 25.8 Å². The highest BCUT2D eigenvalue weighted by atomic mass is 19.4. The zero-order chi connectivity index (χ0) is 18.0. The number of aromatic nitrogens is 3. The summed E-state index contributed by atoms with van der Waals surface area (Å²) in [5.74, 6) is -2.27. The van der Waals surface area contributed by atoms with Crippen molar-refractivity contribution >= 4 is 11.9 Å². The van der Waals surface area contributed by atoms with E-state index in [2.05, 4.69) is 20.5 Å². The van der Waals surface area contributed by atoms with Crippen LogP contribution in [-0.4, -0.2) is 26.7 Å². The molecule has 0 aliphatic rings. The van der Waals surface area contributed by atoms with Gasteiger partial charge in [-0.2, -0.15) is 23.3 Å². The van der Waals surface area contributed by atoms with Crippen molar-refractivity contribution in [1.82, 2.24) is 15.2 Å². The van der Waals surface area contributed by atoms with Crippen LogP contribution < -0.4 is 10.1 Å². The largest absolute Gasteiger partial charge is 0.478 e. The lowest BCUT2D eigenvalue weighted by molar-refractivity contribution is -0.140. The van der Waals surface area contributed by atoms with Gasteiger partial charge in [-0.05, 0) is 31.5 Å². The first-order valence-electron chi connectivity index (χ1n) is 6.88. The van der Waals surface area contributed by atoms with Crippen LogP contribution in [0.2, 0.25) is 0 Å². The molecular formula is C14H14F4N4O2. The summed E-state index contributed by atoms with van der Waals surface area (Å²) in [5, 5.41) is 8.38. The van der Waals surface area contributed by atoms with E-state index in [1.54, 1.807) is 6.92 Å².